The molecule has 1 aliphatic heterocycles. The molecular weight excluding hydrogens is 278 g/mol. The topological polar surface area (TPSA) is 53.9 Å². The molecule has 0 aromatic rings. The number of esters is 1. The van der Waals surface area contributed by atoms with Gasteiger partial charge in [-0.05, 0) is 38.5 Å². The van der Waals surface area contributed by atoms with Gasteiger partial charge in [0.2, 0.25) is 0 Å². The van der Waals surface area contributed by atoms with E-state index in [0.717, 1.165) is 32.0 Å². The first-order chi connectivity index (χ1) is 10.7. The predicted octanol–water partition coefficient (Wildman–Crippen LogP) is 2.19. The number of ether oxygens (including phenoxy) is 1. The van der Waals surface area contributed by atoms with Crippen molar-refractivity contribution in [3.8, 4) is 0 Å². The van der Waals surface area contributed by atoms with Gasteiger partial charge >= 0.3 is 5.97 Å². The van der Waals surface area contributed by atoms with Crippen molar-refractivity contribution in [1.29, 1.82) is 0 Å². The van der Waals surface area contributed by atoms with Crippen molar-refractivity contribution in [2.75, 3.05) is 33.3 Å². The minimum Gasteiger partial charge on any atom is -0.469 e. The fraction of sp³-hybridized carbons (Fsp3) is 0.765. The predicted molar refractivity (Wildman–Crippen MR) is 88.8 cm³/mol. The molecule has 5 heteroatoms. The van der Waals surface area contributed by atoms with E-state index in [-0.39, 0.29) is 11.9 Å². The molecule has 0 aromatic heterocycles. The second kappa shape index (κ2) is 8.20. The van der Waals surface area contributed by atoms with Crippen LogP contribution in [0.4, 0.5) is 0 Å². The highest BCUT2D eigenvalue weighted by atomic mass is 16.5. The monoisotopic (exact) mass is 307 g/mol. The average molecular weight is 307 g/mol. The summed E-state index contributed by atoms with van der Waals surface area (Å²) in [4.78, 5) is 18.8. The Hall–Kier alpha value is -1.52. The Morgan fingerprint density at radius 1 is 1.50 bits per heavy atom. The number of nitrogens with one attached hydrogen (secondary N) is 1. The molecule has 0 spiro atoms. The van der Waals surface area contributed by atoms with Crippen LogP contribution >= 0.6 is 0 Å². The minimum atomic E-state index is -0.109. The number of rotatable bonds is 5. The Balaban J connectivity index is 1.93. The van der Waals surface area contributed by atoms with Crippen LogP contribution in [-0.4, -0.2) is 50.1 Å². The van der Waals surface area contributed by atoms with Crippen LogP contribution in [0, 0.1) is 11.8 Å². The number of nitrogens with zero attached hydrogens (tertiary/aromatic N) is 2. The van der Waals surface area contributed by atoms with Crippen molar-refractivity contribution in [2.24, 2.45) is 16.8 Å². The first-order valence-corrected chi connectivity index (χ1v) is 8.44. The lowest BCUT2D eigenvalue weighted by Gasteiger charge is -2.21. The zero-order valence-corrected chi connectivity index (χ0v) is 14.1. The lowest BCUT2D eigenvalue weighted by Crippen LogP contribution is -2.40. The van der Waals surface area contributed by atoms with Crippen molar-refractivity contribution in [1.82, 2.24) is 10.2 Å². The molecule has 0 aromatic carbocycles. The summed E-state index contributed by atoms with van der Waals surface area (Å²) in [5.74, 6) is 1.07. The van der Waals surface area contributed by atoms with Crippen molar-refractivity contribution in [3.05, 3.63) is 11.6 Å². The molecule has 1 aliphatic carbocycles. The number of hydrogen-bond donors (Lipinski definition) is 1. The molecule has 1 fully saturated rings. The fourth-order valence-corrected chi connectivity index (χ4v) is 3.29. The van der Waals surface area contributed by atoms with E-state index in [0.29, 0.717) is 12.5 Å². The summed E-state index contributed by atoms with van der Waals surface area (Å²) >= 11 is 0. The van der Waals surface area contributed by atoms with E-state index in [1.807, 2.05) is 0 Å². The van der Waals surface area contributed by atoms with E-state index in [1.54, 1.807) is 5.57 Å². The third-order valence-corrected chi connectivity index (χ3v) is 4.58. The van der Waals surface area contributed by atoms with E-state index in [9.17, 15) is 4.79 Å². The Labute approximate surface area is 133 Å². The highest BCUT2D eigenvalue weighted by Gasteiger charge is 2.36. The normalized spacial score (nSPS) is 25.3. The van der Waals surface area contributed by atoms with Crippen molar-refractivity contribution in [3.63, 3.8) is 0 Å². The van der Waals surface area contributed by atoms with Crippen LogP contribution in [0.5, 0.6) is 0 Å². The van der Waals surface area contributed by atoms with Crippen LogP contribution in [0.3, 0.4) is 0 Å². The molecule has 0 saturated carbocycles. The third kappa shape index (κ3) is 4.24. The molecule has 2 rings (SSSR count). The van der Waals surface area contributed by atoms with Crippen LogP contribution < -0.4 is 5.32 Å². The number of allylic oxidation sites excluding steroid dienone is 1. The molecule has 5 nitrogen and oxygen atoms in total. The zero-order valence-electron chi connectivity index (χ0n) is 14.1. The molecule has 1 saturated heterocycles. The molecule has 2 unspecified atom stereocenters. The maximum atomic E-state index is 11.8. The molecule has 22 heavy (non-hydrogen) atoms. The maximum Gasteiger partial charge on any atom is 0.310 e. The van der Waals surface area contributed by atoms with Gasteiger partial charge in [0.25, 0.3) is 0 Å². The summed E-state index contributed by atoms with van der Waals surface area (Å²) in [6.07, 6.45) is 7.16. The van der Waals surface area contributed by atoms with Gasteiger partial charge in [-0.15, -0.1) is 0 Å². The van der Waals surface area contributed by atoms with Gasteiger partial charge in [-0.1, -0.05) is 18.6 Å². The SMILES string of the molecule is CCNC(=NCCC1=CCCC1)N1CC(C)C(C(=O)OC)C1. The molecule has 2 atom stereocenters. The van der Waals surface area contributed by atoms with Crippen LogP contribution in [0.2, 0.25) is 0 Å². The van der Waals surface area contributed by atoms with Gasteiger partial charge < -0.3 is 15.0 Å². The first-order valence-electron chi connectivity index (χ1n) is 8.44. The summed E-state index contributed by atoms with van der Waals surface area (Å²) < 4.78 is 4.91. The Bertz CT molecular complexity index is 445. The fourth-order valence-electron chi connectivity index (χ4n) is 3.29. The molecule has 1 N–H and O–H groups in total. The van der Waals surface area contributed by atoms with Crippen molar-refractivity contribution in [2.45, 2.75) is 39.5 Å². The molecule has 0 radical (unpaired) electrons. The third-order valence-electron chi connectivity index (χ3n) is 4.58. The van der Waals surface area contributed by atoms with E-state index < -0.39 is 0 Å². The molecule has 1 heterocycles. The van der Waals surface area contributed by atoms with Gasteiger partial charge in [-0.2, -0.15) is 0 Å². The van der Waals surface area contributed by atoms with E-state index in [4.69, 9.17) is 9.73 Å². The lowest BCUT2D eigenvalue weighted by molar-refractivity contribution is -0.145. The largest absolute Gasteiger partial charge is 0.469 e. The van der Waals surface area contributed by atoms with E-state index >= 15 is 0 Å². The Morgan fingerprint density at radius 2 is 2.32 bits per heavy atom. The number of aliphatic imine (C=N–C) groups is 1. The minimum absolute atomic E-state index is 0.0496. The molecular formula is C17H29N3O2. The van der Waals surface area contributed by atoms with E-state index in [1.165, 1.54) is 26.4 Å². The summed E-state index contributed by atoms with van der Waals surface area (Å²) in [5, 5.41) is 3.35. The summed E-state index contributed by atoms with van der Waals surface area (Å²) in [6.45, 7) is 7.40. The second-order valence-corrected chi connectivity index (χ2v) is 6.25. The summed E-state index contributed by atoms with van der Waals surface area (Å²) in [6, 6.07) is 0. The van der Waals surface area contributed by atoms with E-state index in [2.05, 4.69) is 30.1 Å². The van der Waals surface area contributed by atoms with Crippen molar-refractivity contribution >= 4 is 11.9 Å². The van der Waals surface area contributed by atoms with Crippen LogP contribution in [0.1, 0.15) is 39.5 Å². The number of hydrogen-bond acceptors (Lipinski definition) is 3. The number of methoxy groups -OCH3 is 1. The highest BCUT2D eigenvalue weighted by molar-refractivity contribution is 5.82. The Morgan fingerprint density at radius 3 is 2.95 bits per heavy atom. The maximum absolute atomic E-state index is 11.8. The zero-order chi connectivity index (χ0) is 15.9. The highest BCUT2D eigenvalue weighted by Crippen LogP contribution is 2.24. The first kappa shape index (κ1) is 16.8. The number of carbonyl (C=O) groups excluding carboxylic acids is 1. The molecule has 2 aliphatic rings. The van der Waals surface area contributed by atoms with Crippen LogP contribution in [0.25, 0.3) is 0 Å². The van der Waals surface area contributed by atoms with Gasteiger partial charge in [-0.3, -0.25) is 9.79 Å². The standard InChI is InChI=1S/C17H29N3O2/c1-4-18-17(19-10-9-14-7-5-6-8-14)20-11-13(2)15(12-20)16(21)22-3/h7,13,15H,4-6,8-12H2,1-3H3,(H,18,19). The average Bonchev–Trinajstić information content (AvgIpc) is 3.15. The van der Waals surface area contributed by atoms with Gasteiger partial charge in [0.05, 0.1) is 13.0 Å². The summed E-state index contributed by atoms with van der Waals surface area (Å²) in [5.41, 5.74) is 1.54. The van der Waals surface area contributed by atoms with Gasteiger partial charge in [0, 0.05) is 26.2 Å². The summed E-state index contributed by atoms with van der Waals surface area (Å²) in [7, 11) is 1.46. The smallest absolute Gasteiger partial charge is 0.310 e. The number of carbonyl (C=O) groups is 1. The molecule has 0 bridgehead atoms. The van der Waals surface area contributed by atoms with Gasteiger partial charge in [-0.25, -0.2) is 0 Å². The molecule has 124 valence electrons. The second-order valence-electron chi connectivity index (χ2n) is 6.25. The lowest BCUT2D eigenvalue weighted by atomic mass is 9.99. The van der Waals surface area contributed by atoms with Gasteiger partial charge in [0.15, 0.2) is 5.96 Å². The quantitative estimate of drug-likeness (QED) is 0.366. The van der Waals surface area contributed by atoms with Gasteiger partial charge in [0.1, 0.15) is 0 Å². The number of guanidine groups is 1. The Kier molecular flexibility index (Phi) is 6.28. The number of likely N-dealkylation sites (tertiary alicyclic amines) is 1. The van der Waals surface area contributed by atoms with Crippen molar-refractivity contribution < 1.29 is 9.53 Å². The van der Waals surface area contributed by atoms with Crippen LogP contribution in [-0.2, 0) is 9.53 Å². The van der Waals surface area contributed by atoms with Crippen LogP contribution in [0.15, 0.2) is 16.6 Å². The molecule has 0 amide bonds.